The Morgan fingerprint density at radius 1 is 1.32 bits per heavy atom. The number of carbonyl (C=O) groups is 1. The Bertz CT molecular complexity index is 470. The zero-order valence-corrected chi connectivity index (χ0v) is 13.4. The summed E-state index contributed by atoms with van der Waals surface area (Å²) in [4.78, 5) is 11.2. The second-order valence-corrected chi connectivity index (χ2v) is 5.51. The van der Waals surface area contributed by atoms with Gasteiger partial charge in [-0.2, -0.15) is 0 Å². The Hall–Kier alpha value is -1.30. The lowest BCUT2D eigenvalue weighted by Crippen LogP contribution is -2.22. The van der Waals surface area contributed by atoms with Crippen LogP contribution in [-0.4, -0.2) is 38.4 Å². The van der Waals surface area contributed by atoms with E-state index in [1.54, 1.807) is 6.92 Å². The molecule has 1 fully saturated rings. The normalized spacial score (nSPS) is 19.7. The van der Waals surface area contributed by atoms with Gasteiger partial charge in [-0.15, -0.1) is 0 Å². The predicted molar refractivity (Wildman–Crippen MR) is 82.0 cm³/mol. The van der Waals surface area contributed by atoms with Crippen molar-refractivity contribution in [1.82, 2.24) is 0 Å². The number of epoxide rings is 1. The summed E-state index contributed by atoms with van der Waals surface area (Å²) in [6.45, 7) is 3.70. The number of hydrogen-bond donors (Lipinski definition) is 0. The Balaban J connectivity index is 1.54. The molecule has 1 aliphatic heterocycles. The number of benzene rings is 1. The molecule has 1 unspecified atom stereocenters. The molecule has 0 spiro atoms. The molecule has 5 nitrogen and oxygen atoms in total. The summed E-state index contributed by atoms with van der Waals surface area (Å²) in [7, 11) is 0. The van der Waals surface area contributed by atoms with E-state index in [1.807, 2.05) is 24.3 Å². The smallest absolute Gasteiger partial charge is 0.435 e. The van der Waals surface area contributed by atoms with Gasteiger partial charge in [-0.1, -0.05) is 23.7 Å². The summed E-state index contributed by atoms with van der Waals surface area (Å²) in [5.41, 5.74) is 1.19. The van der Waals surface area contributed by atoms with Crippen LogP contribution in [0.4, 0.5) is 4.79 Å². The van der Waals surface area contributed by atoms with Crippen LogP contribution in [-0.2, 0) is 25.4 Å². The second kappa shape index (κ2) is 8.36. The Morgan fingerprint density at radius 3 is 2.68 bits per heavy atom. The number of ether oxygens (including phenoxy) is 4. The molecular formula is C16H21ClO5. The maximum atomic E-state index is 11.2. The predicted octanol–water partition coefficient (Wildman–Crippen LogP) is 3.58. The zero-order valence-electron chi connectivity index (χ0n) is 12.7. The molecule has 0 radical (unpaired) electrons. The molecular weight excluding hydrogens is 308 g/mol. The molecule has 1 atom stereocenters. The number of halogens is 1. The van der Waals surface area contributed by atoms with Crippen molar-refractivity contribution in [1.29, 1.82) is 0 Å². The molecule has 1 saturated heterocycles. The third-order valence-electron chi connectivity index (χ3n) is 3.29. The van der Waals surface area contributed by atoms with Crippen molar-refractivity contribution >= 4 is 17.8 Å². The van der Waals surface area contributed by atoms with E-state index in [1.165, 1.54) is 5.56 Å². The zero-order chi connectivity index (χ0) is 15.8. The molecule has 0 N–H and O–H groups in total. The number of rotatable bonds is 9. The van der Waals surface area contributed by atoms with Crippen molar-refractivity contribution in [3.63, 3.8) is 0 Å². The minimum Gasteiger partial charge on any atom is -0.435 e. The molecule has 1 aromatic carbocycles. The quantitative estimate of drug-likeness (QED) is 0.394. The molecule has 0 saturated carbocycles. The van der Waals surface area contributed by atoms with Crippen LogP contribution in [0.3, 0.4) is 0 Å². The van der Waals surface area contributed by atoms with E-state index in [4.69, 9.17) is 30.5 Å². The summed E-state index contributed by atoms with van der Waals surface area (Å²) >= 11 is 5.83. The van der Waals surface area contributed by atoms with Gasteiger partial charge >= 0.3 is 6.16 Å². The van der Waals surface area contributed by atoms with Gasteiger partial charge in [0.25, 0.3) is 0 Å². The lowest BCUT2D eigenvalue weighted by Gasteiger charge is -2.12. The Labute approximate surface area is 135 Å². The third-order valence-corrected chi connectivity index (χ3v) is 3.54. The van der Waals surface area contributed by atoms with Crippen LogP contribution < -0.4 is 0 Å². The molecule has 1 aromatic rings. The monoisotopic (exact) mass is 328 g/mol. The SMILES string of the molecule is CCOC(=O)OC1(CCCOCCc2ccc(Cl)cc2)CO1. The van der Waals surface area contributed by atoms with Crippen molar-refractivity contribution in [3.05, 3.63) is 34.9 Å². The van der Waals surface area contributed by atoms with Crippen LogP contribution in [0.5, 0.6) is 0 Å². The van der Waals surface area contributed by atoms with Crippen LogP contribution in [0.1, 0.15) is 25.3 Å². The largest absolute Gasteiger partial charge is 0.510 e. The number of carbonyl (C=O) groups excluding carboxylic acids is 1. The van der Waals surface area contributed by atoms with E-state index >= 15 is 0 Å². The van der Waals surface area contributed by atoms with Crippen molar-refractivity contribution in [2.45, 2.75) is 32.0 Å². The summed E-state index contributed by atoms with van der Waals surface area (Å²) in [6, 6.07) is 7.73. The van der Waals surface area contributed by atoms with Gasteiger partial charge in [0.1, 0.15) is 6.61 Å². The molecule has 122 valence electrons. The van der Waals surface area contributed by atoms with E-state index in [2.05, 4.69) is 0 Å². The fourth-order valence-electron chi connectivity index (χ4n) is 2.02. The van der Waals surface area contributed by atoms with Gasteiger partial charge in [0.15, 0.2) is 0 Å². The molecule has 6 heteroatoms. The van der Waals surface area contributed by atoms with E-state index in [9.17, 15) is 4.79 Å². The van der Waals surface area contributed by atoms with Crippen molar-refractivity contribution in [2.24, 2.45) is 0 Å². The molecule has 0 aromatic heterocycles. The minimum atomic E-state index is -0.786. The van der Waals surface area contributed by atoms with Gasteiger partial charge in [0.05, 0.1) is 13.2 Å². The summed E-state index contributed by atoms with van der Waals surface area (Å²) in [6.07, 6.45) is 1.55. The highest BCUT2D eigenvalue weighted by Gasteiger charge is 2.49. The first-order valence-corrected chi connectivity index (χ1v) is 7.83. The van der Waals surface area contributed by atoms with E-state index in [-0.39, 0.29) is 0 Å². The second-order valence-electron chi connectivity index (χ2n) is 5.08. The van der Waals surface area contributed by atoms with E-state index in [0.29, 0.717) is 32.8 Å². The van der Waals surface area contributed by atoms with Crippen LogP contribution in [0.25, 0.3) is 0 Å². The highest BCUT2D eigenvalue weighted by molar-refractivity contribution is 6.30. The topological polar surface area (TPSA) is 57.3 Å². The van der Waals surface area contributed by atoms with Gasteiger partial charge in [0.2, 0.25) is 5.79 Å². The standard InChI is InChI=1S/C16H21ClO5/c1-2-20-15(18)22-16(12-21-16)9-3-10-19-11-8-13-4-6-14(17)7-5-13/h4-7H,2-3,8-12H2,1H3. The summed E-state index contributed by atoms with van der Waals surface area (Å²) < 4.78 is 20.7. The summed E-state index contributed by atoms with van der Waals surface area (Å²) in [5, 5.41) is 0.737. The molecule has 22 heavy (non-hydrogen) atoms. The van der Waals surface area contributed by atoms with Gasteiger partial charge in [-0.3, -0.25) is 0 Å². The average molecular weight is 329 g/mol. The molecule has 2 rings (SSSR count). The average Bonchev–Trinajstić information content (AvgIpc) is 3.24. The highest BCUT2D eigenvalue weighted by atomic mass is 35.5. The minimum absolute atomic E-state index is 0.294. The first-order valence-electron chi connectivity index (χ1n) is 7.45. The lowest BCUT2D eigenvalue weighted by atomic mass is 10.2. The number of hydrogen-bond acceptors (Lipinski definition) is 5. The molecule has 0 bridgehead atoms. The van der Waals surface area contributed by atoms with Gasteiger partial charge in [0, 0.05) is 18.1 Å². The fourth-order valence-corrected chi connectivity index (χ4v) is 2.15. The maximum Gasteiger partial charge on any atom is 0.510 e. The van der Waals surface area contributed by atoms with Crippen molar-refractivity contribution in [3.8, 4) is 0 Å². The van der Waals surface area contributed by atoms with E-state index in [0.717, 1.165) is 17.9 Å². The first kappa shape index (κ1) is 17.1. The Morgan fingerprint density at radius 2 is 2.05 bits per heavy atom. The summed E-state index contributed by atoms with van der Waals surface area (Å²) in [5.74, 6) is -0.786. The van der Waals surface area contributed by atoms with Crippen LogP contribution in [0.2, 0.25) is 5.02 Å². The molecule has 1 aliphatic rings. The maximum absolute atomic E-state index is 11.2. The molecule has 0 aliphatic carbocycles. The lowest BCUT2D eigenvalue weighted by molar-refractivity contribution is -0.0409. The molecule has 0 amide bonds. The van der Waals surface area contributed by atoms with Gasteiger partial charge in [-0.05, 0) is 37.5 Å². The fraction of sp³-hybridized carbons (Fsp3) is 0.562. The highest BCUT2D eigenvalue weighted by Crippen LogP contribution is 2.34. The van der Waals surface area contributed by atoms with Crippen LogP contribution in [0.15, 0.2) is 24.3 Å². The van der Waals surface area contributed by atoms with E-state index < -0.39 is 11.9 Å². The van der Waals surface area contributed by atoms with Crippen molar-refractivity contribution < 1.29 is 23.7 Å². The molecule has 1 heterocycles. The van der Waals surface area contributed by atoms with Crippen LogP contribution >= 0.6 is 11.6 Å². The van der Waals surface area contributed by atoms with Gasteiger partial charge < -0.3 is 18.9 Å². The Kier molecular flexibility index (Phi) is 6.49. The third kappa shape index (κ3) is 5.83. The first-order chi connectivity index (χ1) is 10.6. The van der Waals surface area contributed by atoms with Gasteiger partial charge in [-0.25, -0.2) is 4.79 Å². The van der Waals surface area contributed by atoms with Crippen LogP contribution in [0, 0.1) is 0 Å². The van der Waals surface area contributed by atoms with Crippen molar-refractivity contribution in [2.75, 3.05) is 26.4 Å².